The highest BCUT2D eigenvalue weighted by atomic mass is 16.5. The van der Waals surface area contributed by atoms with Crippen LogP contribution in [0.4, 0.5) is 4.79 Å². The van der Waals surface area contributed by atoms with Crippen LogP contribution in [0.1, 0.15) is 50.5 Å². The van der Waals surface area contributed by atoms with Gasteiger partial charge in [-0.05, 0) is 43.4 Å². The van der Waals surface area contributed by atoms with E-state index in [1.54, 1.807) is 0 Å². The Balaban J connectivity index is 1.30. The van der Waals surface area contributed by atoms with Crippen molar-refractivity contribution < 1.29 is 9.53 Å². The molecule has 0 radical (unpaired) electrons. The first kappa shape index (κ1) is 19.6. The summed E-state index contributed by atoms with van der Waals surface area (Å²) in [5.41, 5.74) is 1.47. The summed E-state index contributed by atoms with van der Waals surface area (Å²) < 4.78 is 6.00. The molecule has 1 N–H and O–H groups in total. The number of nitrogens with zero attached hydrogens (tertiary/aromatic N) is 3. The Bertz CT molecular complexity index is 625. The van der Waals surface area contributed by atoms with E-state index in [0.717, 1.165) is 71.6 Å². The molecule has 3 aliphatic rings. The first-order chi connectivity index (χ1) is 13.7. The zero-order valence-electron chi connectivity index (χ0n) is 16.9. The fourth-order valence-electron chi connectivity index (χ4n) is 4.96. The Kier molecular flexibility index (Phi) is 6.47. The maximum Gasteiger partial charge on any atom is 0.317 e. The second-order valence-electron chi connectivity index (χ2n) is 8.89. The minimum absolute atomic E-state index is 0.143. The summed E-state index contributed by atoms with van der Waals surface area (Å²) in [6.45, 7) is 6.25. The van der Waals surface area contributed by atoms with Gasteiger partial charge < -0.3 is 15.0 Å². The summed E-state index contributed by atoms with van der Waals surface area (Å²) >= 11 is 0. The van der Waals surface area contributed by atoms with Crippen LogP contribution in [-0.4, -0.2) is 66.2 Å². The standard InChI is InChI=1S/C22H34N4O2/c27-21(24-20-4-2-1-3-5-20)26-12-8-22(9-13-26)17-25(14-15-28-18-22)16-19-6-10-23-11-7-19/h6-7,10-11,20H,1-5,8-9,12-18H2,(H,24,27). The third kappa shape index (κ3) is 5.03. The second kappa shape index (κ2) is 9.23. The summed E-state index contributed by atoms with van der Waals surface area (Å²) in [7, 11) is 0. The van der Waals surface area contributed by atoms with E-state index < -0.39 is 0 Å². The van der Waals surface area contributed by atoms with Gasteiger partial charge >= 0.3 is 6.03 Å². The van der Waals surface area contributed by atoms with Crippen LogP contribution in [-0.2, 0) is 11.3 Å². The lowest BCUT2D eigenvalue weighted by Gasteiger charge is -2.43. The Hall–Kier alpha value is -1.66. The van der Waals surface area contributed by atoms with E-state index in [0.29, 0.717) is 6.04 Å². The first-order valence-corrected chi connectivity index (χ1v) is 11.0. The lowest BCUT2D eigenvalue weighted by atomic mass is 9.78. The van der Waals surface area contributed by atoms with Crippen LogP contribution in [0.2, 0.25) is 0 Å². The van der Waals surface area contributed by atoms with Crippen LogP contribution in [0.25, 0.3) is 0 Å². The smallest absolute Gasteiger partial charge is 0.317 e. The predicted octanol–water partition coefficient (Wildman–Crippen LogP) is 3.04. The minimum atomic E-state index is 0.143. The summed E-state index contributed by atoms with van der Waals surface area (Å²) in [6, 6.07) is 4.71. The molecule has 1 aromatic heterocycles. The molecule has 2 amide bonds. The van der Waals surface area contributed by atoms with Gasteiger partial charge in [-0.3, -0.25) is 9.88 Å². The van der Waals surface area contributed by atoms with E-state index in [1.807, 2.05) is 17.3 Å². The zero-order chi connectivity index (χ0) is 19.2. The number of aromatic nitrogens is 1. The van der Waals surface area contributed by atoms with Crippen molar-refractivity contribution in [2.24, 2.45) is 5.41 Å². The topological polar surface area (TPSA) is 57.7 Å². The number of nitrogens with one attached hydrogen (secondary N) is 1. The van der Waals surface area contributed by atoms with Crippen molar-refractivity contribution in [3.8, 4) is 0 Å². The number of ether oxygens (including phenoxy) is 1. The number of amides is 2. The van der Waals surface area contributed by atoms with Crippen LogP contribution < -0.4 is 5.32 Å². The molecule has 1 spiro atoms. The monoisotopic (exact) mass is 386 g/mol. The van der Waals surface area contributed by atoms with E-state index >= 15 is 0 Å². The highest BCUT2D eigenvalue weighted by Gasteiger charge is 2.39. The molecule has 1 aliphatic carbocycles. The van der Waals surface area contributed by atoms with E-state index in [4.69, 9.17) is 4.74 Å². The van der Waals surface area contributed by atoms with Gasteiger partial charge in [0.1, 0.15) is 0 Å². The molecule has 4 rings (SSSR count). The molecule has 0 aromatic carbocycles. The Morgan fingerprint density at radius 2 is 1.89 bits per heavy atom. The van der Waals surface area contributed by atoms with Crippen LogP contribution in [0, 0.1) is 5.41 Å². The number of carbonyl (C=O) groups excluding carboxylic acids is 1. The number of hydrogen-bond donors (Lipinski definition) is 1. The van der Waals surface area contributed by atoms with Gasteiger partial charge in [0.25, 0.3) is 0 Å². The number of urea groups is 1. The molecule has 2 saturated heterocycles. The minimum Gasteiger partial charge on any atom is -0.379 e. The van der Waals surface area contributed by atoms with Crippen LogP contribution in [0.3, 0.4) is 0 Å². The molecule has 3 heterocycles. The maximum absolute atomic E-state index is 12.7. The molecule has 3 fully saturated rings. The largest absolute Gasteiger partial charge is 0.379 e. The third-order valence-electron chi connectivity index (χ3n) is 6.72. The molecule has 0 bridgehead atoms. The Morgan fingerprint density at radius 3 is 2.64 bits per heavy atom. The molecule has 1 aromatic rings. The normalized spacial score (nSPS) is 24.1. The van der Waals surface area contributed by atoms with Crippen LogP contribution in [0.5, 0.6) is 0 Å². The number of hydrogen-bond acceptors (Lipinski definition) is 4. The number of pyridine rings is 1. The third-order valence-corrected chi connectivity index (χ3v) is 6.72. The summed E-state index contributed by atoms with van der Waals surface area (Å²) in [6.07, 6.45) is 11.9. The van der Waals surface area contributed by atoms with Crippen molar-refractivity contribution in [1.82, 2.24) is 20.1 Å². The highest BCUT2D eigenvalue weighted by molar-refractivity contribution is 5.74. The van der Waals surface area contributed by atoms with Crippen molar-refractivity contribution >= 4 is 6.03 Å². The molecule has 28 heavy (non-hydrogen) atoms. The number of piperidine rings is 1. The van der Waals surface area contributed by atoms with E-state index in [2.05, 4.69) is 27.3 Å². The molecule has 6 nitrogen and oxygen atoms in total. The molecule has 6 heteroatoms. The van der Waals surface area contributed by atoms with E-state index in [1.165, 1.54) is 24.8 Å². The van der Waals surface area contributed by atoms with Crippen molar-refractivity contribution in [2.45, 2.75) is 57.5 Å². The summed E-state index contributed by atoms with van der Waals surface area (Å²) in [5, 5.41) is 3.27. The quantitative estimate of drug-likeness (QED) is 0.868. The van der Waals surface area contributed by atoms with Gasteiger partial charge in [0, 0.05) is 56.6 Å². The van der Waals surface area contributed by atoms with Crippen molar-refractivity contribution in [2.75, 3.05) is 39.4 Å². The van der Waals surface area contributed by atoms with Crippen LogP contribution in [0.15, 0.2) is 24.5 Å². The number of rotatable bonds is 3. The Labute approximate surface area is 168 Å². The van der Waals surface area contributed by atoms with Gasteiger partial charge in [-0.15, -0.1) is 0 Å². The molecule has 0 unspecified atom stereocenters. The molecule has 2 aliphatic heterocycles. The molecular weight excluding hydrogens is 352 g/mol. The number of carbonyl (C=O) groups is 1. The molecule has 1 saturated carbocycles. The average molecular weight is 387 g/mol. The van der Waals surface area contributed by atoms with Crippen molar-refractivity contribution in [3.63, 3.8) is 0 Å². The predicted molar refractivity (Wildman–Crippen MR) is 109 cm³/mol. The summed E-state index contributed by atoms with van der Waals surface area (Å²) in [5.74, 6) is 0. The lowest BCUT2D eigenvalue weighted by Crippen LogP contribution is -2.52. The molecule has 0 atom stereocenters. The zero-order valence-corrected chi connectivity index (χ0v) is 16.9. The fourth-order valence-corrected chi connectivity index (χ4v) is 4.96. The van der Waals surface area contributed by atoms with Gasteiger partial charge in [0.15, 0.2) is 0 Å². The SMILES string of the molecule is O=C(NC1CCCCC1)N1CCC2(CC1)COCCN(Cc1ccncc1)C2. The molecular formula is C22H34N4O2. The van der Waals surface area contributed by atoms with Gasteiger partial charge in [0.2, 0.25) is 0 Å². The second-order valence-corrected chi connectivity index (χ2v) is 8.89. The maximum atomic E-state index is 12.7. The average Bonchev–Trinajstić information content (AvgIpc) is 2.92. The van der Waals surface area contributed by atoms with Crippen molar-refractivity contribution in [1.29, 1.82) is 0 Å². The van der Waals surface area contributed by atoms with Gasteiger partial charge in [0.05, 0.1) is 13.2 Å². The number of likely N-dealkylation sites (tertiary alicyclic amines) is 1. The van der Waals surface area contributed by atoms with Crippen LogP contribution >= 0.6 is 0 Å². The van der Waals surface area contributed by atoms with Gasteiger partial charge in [-0.25, -0.2) is 4.79 Å². The highest BCUT2D eigenvalue weighted by Crippen LogP contribution is 2.35. The molecule has 154 valence electrons. The van der Waals surface area contributed by atoms with Gasteiger partial charge in [-0.1, -0.05) is 19.3 Å². The Morgan fingerprint density at radius 1 is 1.14 bits per heavy atom. The first-order valence-electron chi connectivity index (χ1n) is 11.0. The van der Waals surface area contributed by atoms with E-state index in [9.17, 15) is 4.79 Å². The van der Waals surface area contributed by atoms with E-state index in [-0.39, 0.29) is 11.4 Å². The van der Waals surface area contributed by atoms with Crippen molar-refractivity contribution in [3.05, 3.63) is 30.1 Å². The van der Waals surface area contributed by atoms with Gasteiger partial charge in [-0.2, -0.15) is 0 Å². The lowest BCUT2D eigenvalue weighted by molar-refractivity contribution is 0.0225. The fraction of sp³-hybridized carbons (Fsp3) is 0.727. The summed E-state index contributed by atoms with van der Waals surface area (Å²) in [4.78, 5) is 21.3.